The van der Waals surface area contributed by atoms with Crippen LogP contribution in [0, 0.1) is 0 Å². The first-order chi connectivity index (χ1) is 16.5. The maximum atomic E-state index is 12.7. The van der Waals surface area contributed by atoms with Crippen molar-refractivity contribution in [2.24, 2.45) is 5.10 Å². The quantitative estimate of drug-likeness (QED) is 0.113. The lowest BCUT2D eigenvalue weighted by Crippen LogP contribution is -2.23. The highest BCUT2D eigenvalue weighted by atomic mass is 35.5. The summed E-state index contributed by atoms with van der Waals surface area (Å²) in [5.41, 5.74) is 4.61. The molecular formula is C26H20ClN3O3S. The summed E-state index contributed by atoms with van der Waals surface area (Å²) < 4.78 is 10.8. The van der Waals surface area contributed by atoms with Crippen LogP contribution in [0.1, 0.15) is 15.9 Å². The molecule has 6 nitrogen and oxygen atoms in total. The predicted octanol–water partition coefficient (Wildman–Crippen LogP) is 6.04. The summed E-state index contributed by atoms with van der Waals surface area (Å²) >= 11 is 11.2. The third kappa shape index (κ3) is 5.70. The van der Waals surface area contributed by atoms with Crippen LogP contribution < -0.4 is 20.2 Å². The Morgan fingerprint density at radius 1 is 0.971 bits per heavy atom. The van der Waals surface area contributed by atoms with Crippen molar-refractivity contribution in [2.75, 3.05) is 12.4 Å². The van der Waals surface area contributed by atoms with Crippen LogP contribution in [-0.2, 0) is 0 Å². The lowest BCUT2D eigenvalue weighted by molar-refractivity contribution is 0.0735. The van der Waals surface area contributed by atoms with Crippen molar-refractivity contribution in [3.05, 3.63) is 101 Å². The van der Waals surface area contributed by atoms with Crippen molar-refractivity contribution >= 4 is 57.6 Å². The van der Waals surface area contributed by atoms with Gasteiger partial charge in [-0.25, -0.2) is 4.79 Å². The van der Waals surface area contributed by atoms with Crippen molar-refractivity contribution in [1.29, 1.82) is 0 Å². The first-order valence-electron chi connectivity index (χ1n) is 10.3. The summed E-state index contributed by atoms with van der Waals surface area (Å²) in [6.07, 6.45) is 1.58. The van der Waals surface area contributed by atoms with Gasteiger partial charge in [0, 0.05) is 16.3 Å². The zero-order valence-electron chi connectivity index (χ0n) is 18.1. The van der Waals surface area contributed by atoms with Gasteiger partial charge in [-0.2, -0.15) is 5.10 Å². The minimum atomic E-state index is -0.494. The fraction of sp³-hybridized carbons (Fsp3) is 0.0385. The number of fused-ring (bicyclic) bond motifs is 1. The molecule has 0 fully saturated rings. The number of anilines is 1. The number of esters is 1. The average molecular weight is 490 g/mol. The van der Waals surface area contributed by atoms with E-state index >= 15 is 0 Å². The zero-order valence-corrected chi connectivity index (χ0v) is 19.7. The van der Waals surface area contributed by atoms with Gasteiger partial charge in [0.05, 0.1) is 18.9 Å². The third-order valence-corrected chi connectivity index (χ3v) is 5.37. The molecule has 0 aliphatic carbocycles. The Morgan fingerprint density at radius 3 is 2.44 bits per heavy atom. The van der Waals surface area contributed by atoms with Gasteiger partial charge in [0.25, 0.3) is 0 Å². The Labute approximate surface area is 207 Å². The number of benzene rings is 4. The molecule has 0 spiro atoms. The minimum Gasteiger partial charge on any atom is -0.497 e. The molecule has 4 aromatic carbocycles. The molecule has 0 atom stereocenters. The van der Waals surface area contributed by atoms with E-state index in [1.54, 1.807) is 43.7 Å². The molecule has 0 aromatic heterocycles. The predicted molar refractivity (Wildman–Crippen MR) is 140 cm³/mol. The van der Waals surface area contributed by atoms with Gasteiger partial charge < -0.3 is 14.8 Å². The standard InChI is InChI=1S/C26H20ClN3O3S/c1-32-21-13-11-20(12-14-21)29-26(34)30-28-16-23-22-5-3-2-4-17(22)8-15-24(23)33-25(31)18-6-9-19(27)10-7-18/h2-16H,1H3,(H2,29,30,34)/b28-16-. The van der Waals surface area contributed by atoms with Crippen molar-refractivity contribution in [1.82, 2.24) is 5.43 Å². The molecular weight excluding hydrogens is 470 g/mol. The van der Waals surface area contributed by atoms with E-state index < -0.39 is 5.97 Å². The summed E-state index contributed by atoms with van der Waals surface area (Å²) in [7, 11) is 1.61. The Morgan fingerprint density at radius 2 is 1.71 bits per heavy atom. The number of thiocarbonyl (C=S) groups is 1. The first-order valence-corrected chi connectivity index (χ1v) is 11.1. The largest absolute Gasteiger partial charge is 0.497 e. The molecule has 0 saturated heterocycles. The highest BCUT2D eigenvalue weighted by molar-refractivity contribution is 7.80. The second-order valence-electron chi connectivity index (χ2n) is 7.15. The molecule has 0 amide bonds. The summed E-state index contributed by atoms with van der Waals surface area (Å²) in [6, 6.07) is 25.2. The molecule has 0 radical (unpaired) electrons. The number of carbonyl (C=O) groups excluding carboxylic acids is 1. The maximum absolute atomic E-state index is 12.7. The topological polar surface area (TPSA) is 71.9 Å². The van der Waals surface area contributed by atoms with Crippen LogP contribution >= 0.6 is 23.8 Å². The highest BCUT2D eigenvalue weighted by Gasteiger charge is 2.13. The van der Waals surface area contributed by atoms with Gasteiger partial charge in [-0.3, -0.25) is 5.43 Å². The van der Waals surface area contributed by atoms with Crippen LogP contribution in [0.25, 0.3) is 10.8 Å². The Hall–Kier alpha value is -3.94. The summed E-state index contributed by atoms with van der Waals surface area (Å²) in [5.74, 6) is 0.628. The number of hydrogen-bond acceptors (Lipinski definition) is 5. The Kier molecular flexibility index (Phi) is 7.37. The fourth-order valence-corrected chi connectivity index (χ4v) is 3.53. The molecule has 0 aliphatic heterocycles. The molecule has 34 heavy (non-hydrogen) atoms. The SMILES string of the molecule is COc1ccc(NC(=S)N/N=C\c2c(OC(=O)c3ccc(Cl)cc3)ccc3ccccc23)cc1. The molecule has 8 heteroatoms. The van der Waals surface area contributed by atoms with Crippen molar-refractivity contribution in [3.8, 4) is 11.5 Å². The van der Waals surface area contributed by atoms with Crippen molar-refractivity contribution < 1.29 is 14.3 Å². The highest BCUT2D eigenvalue weighted by Crippen LogP contribution is 2.27. The Balaban J connectivity index is 1.53. The lowest BCUT2D eigenvalue weighted by Gasteiger charge is -2.11. The maximum Gasteiger partial charge on any atom is 0.343 e. The van der Waals surface area contributed by atoms with Crippen LogP contribution in [-0.4, -0.2) is 24.4 Å². The van der Waals surface area contributed by atoms with Gasteiger partial charge >= 0.3 is 5.97 Å². The number of halogens is 1. The summed E-state index contributed by atoms with van der Waals surface area (Å²) in [6.45, 7) is 0. The summed E-state index contributed by atoms with van der Waals surface area (Å²) in [4.78, 5) is 12.7. The van der Waals surface area contributed by atoms with Crippen LogP contribution in [0.2, 0.25) is 5.02 Å². The number of hydrazone groups is 1. The van der Waals surface area contributed by atoms with Gasteiger partial charge in [0.15, 0.2) is 5.11 Å². The van der Waals surface area contributed by atoms with Gasteiger partial charge in [-0.15, -0.1) is 0 Å². The van der Waals surface area contributed by atoms with E-state index in [4.69, 9.17) is 33.3 Å². The van der Waals surface area contributed by atoms with Crippen molar-refractivity contribution in [3.63, 3.8) is 0 Å². The van der Waals surface area contributed by atoms with Crippen molar-refractivity contribution in [2.45, 2.75) is 0 Å². The number of nitrogens with zero attached hydrogens (tertiary/aromatic N) is 1. The molecule has 2 N–H and O–H groups in total. The number of rotatable bonds is 6. The molecule has 0 saturated carbocycles. The van der Waals surface area contributed by atoms with Crippen LogP contribution in [0.4, 0.5) is 5.69 Å². The van der Waals surface area contributed by atoms with E-state index in [9.17, 15) is 4.79 Å². The molecule has 170 valence electrons. The van der Waals surface area contributed by atoms with Crippen LogP contribution in [0.5, 0.6) is 11.5 Å². The zero-order chi connectivity index (χ0) is 23.9. The van der Waals surface area contributed by atoms with Crippen LogP contribution in [0.3, 0.4) is 0 Å². The third-order valence-electron chi connectivity index (χ3n) is 4.92. The van der Waals surface area contributed by atoms with Crippen LogP contribution in [0.15, 0.2) is 90.0 Å². The molecule has 4 aromatic rings. The van der Waals surface area contributed by atoms with Gasteiger partial charge in [0.2, 0.25) is 0 Å². The van der Waals surface area contributed by atoms with Gasteiger partial charge in [-0.1, -0.05) is 41.9 Å². The second-order valence-corrected chi connectivity index (χ2v) is 7.99. The molecule has 0 aliphatic rings. The number of ether oxygens (including phenoxy) is 2. The minimum absolute atomic E-state index is 0.307. The number of nitrogens with one attached hydrogen (secondary N) is 2. The van der Waals surface area contributed by atoms with E-state index in [0.717, 1.165) is 22.2 Å². The van der Waals surface area contributed by atoms with E-state index in [2.05, 4.69) is 15.8 Å². The Bertz CT molecular complexity index is 1360. The monoisotopic (exact) mass is 489 g/mol. The molecule has 0 bridgehead atoms. The summed E-state index contributed by atoms with van der Waals surface area (Å²) in [5, 5.41) is 10.0. The van der Waals surface area contributed by atoms with E-state index in [0.29, 0.717) is 27.0 Å². The average Bonchev–Trinajstić information content (AvgIpc) is 2.86. The van der Waals surface area contributed by atoms with Gasteiger partial charge in [-0.05, 0) is 77.6 Å². The van der Waals surface area contributed by atoms with E-state index in [1.807, 2.05) is 54.6 Å². The fourth-order valence-electron chi connectivity index (χ4n) is 3.23. The molecule has 0 unspecified atom stereocenters. The van der Waals surface area contributed by atoms with E-state index in [-0.39, 0.29) is 0 Å². The first kappa shape index (κ1) is 23.2. The van der Waals surface area contributed by atoms with Gasteiger partial charge in [0.1, 0.15) is 11.5 Å². The molecule has 4 rings (SSSR count). The number of carbonyl (C=O) groups is 1. The lowest BCUT2D eigenvalue weighted by atomic mass is 10.0. The second kappa shape index (κ2) is 10.8. The number of hydrogen-bond donors (Lipinski definition) is 2. The smallest absolute Gasteiger partial charge is 0.343 e. The number of methoxy groups -OCH3 is 1. The molecule has 0 heterocycles. The normalized spacial score (nSPS) is 10.8. The van der Waals surface area contributed by atoms with E-state index in [1.165, 1.54) is 0 Å².